The fourth-order valence-corrected chi connectivity index (χ4v) is 1.17. The molecule has 0 radical (unpaired) electrons. The lowest BCUT2D eigenvalue weighted by molar-refractivity contribution is 0.628. The third-order valence-corrected chi connectivity index (χ3v) is 1.83. The maximum absolute atomic E-state index is 12.6. The zero-order valence-corrected chi connectivity index (χ0v) is 7.71. The first-order valence-corrected chi connectivity index (χ1v) is 4.28. The van der Waals surface area contributed by atoms with E-state index in [1.54, 1.807) is 12.1 Å². The van der Waals surface area contributed by atoms with E-state index < -0.39 is 0 Å². The van der Waals surface area contributed by atoms with Gasteiger partial charge in [-0.05, 0) is 31.2 Å². The van der Waals surface area contributed by atoms with Gasteiger partial charge in [-0.25, -0.2) is 4.39 Å². The molecule has 14 heavy (non-hydrogen) atoms. The Morgan fingerprint density at radius 1 is 1.29 bits per heavy atom. The molecule has 2 rings (SSSR count). The summed E-state index contributed by atoms with van der Waals surface area (Å²) in [6, 6.07) is 8.04. The lowest BCUT2D eigenvalue weighted by Gasteiger charge is -2.01. The molecule has 0 amide bonds. The summed E-state index contributed by atoms with van der Waals surface area (Å²) < 4.78 is 12.6. The Morgan fingerprint density at radius 2 is 2.00 bits per heavy atom. The average Bonchev–Trinajstić information content (AvgIpc) is 2.56. The molecule has 0 unspecified atom stereocenters. The van der Waals surface area contributed by atoms with Crippen LogP contribution in [0.3, 0.4) is 0 Å². The number of halogens is 1. The summed E-state index contributed by atoms with van der Waals surface area (Å²) >= 11 is 0. The van der Waals surface area contributed by atoms with Gasteiger partial charge in [0, 0.05) is 11.8 Å². The van der Waals surface area contributed by atoms with Crippen LogP contribution in [0.1, 0.15) is 5.69 Å². The Morgan fingerprint density at radius 3 is 2.57 bits per heavy atom. The molecule has 2 aromatic rings. The maximum atomic E-state index is 12.6. The van der Waals surface area contributed by atoms with Gasteiger partial charge >= 0.3 is 0 Å². The van der Waals surface area contributed by atoms with E-state index in [0.717, 1.165) is 17.2 Å². The second kappa shape index (κ2) is 3.49. The molecule has 0 spiro atoms. The van der Waals surface area contributed by atoms with Gasteiger partial charge < -0.3 is 5.32 Å². The van der Waals surface area contributed by atoms with E-state index in [4.69, 9.17) is 0 Å². The number of aryl methyl sites for hydroxylation is 1. The highest BCUT2D eigenvalue weighted by Gasteiger charge is 1.97. The minimum atomic E-state index is -0.239. The molecule has 0 aliphatic rings. The monoisotopic (exact) mass is 191 g/mol. The van der Waals surface area contributed by atoms with Crippen molar-refractivity contribution in [1.82, 2.24) is 10.2 Å². The number of hydrogen-bond acceptors (Lipinski definition) is 2. The van der Waals surface area contributed by atoms with Crippen LogP contribution in [-0.2, 0) is 0 Å². The van der Waals surface area contributed by atoms with Gasteiger partial charge in [0.05, 0.1) is 5.69 Å². The van der Waals surface area contributed by atoms with Crippen molar-refractivity contribution in [3.63, 3.8) is 0 Å². The van der Waals surface area contributed by atoms with Crippen molar-refractivity contribution in [3.05, 3.63) is 41.8 Å². The van der Waals surface area contributed by atoms with E-state index in [0.29, 0.717) is 0 Å². The largest absolute Gasteiger partial charge is 0.341 e. The highest BCUT2D eigenvalue weighted by atomic mass is 19.1. The lowest BCUT2D eigenvalue weighted by Crippen LogP contribution is -1.90. The lowest BCUT2D eigenvalue weighted by atomic mass is 10.3. The van der Waals surface area contributed by atoms with Crippen LogP contribution in [0.25, 0.3) is 0 Å². The number of H-pyrrole nitrogens is 1. The average molecular weight is 191 g/mol. The third kappa shape index (κ3) is 1.90. The van der Waals surface area contributed by atoms with Crippen molar-refractivity contribution in [2.24, 2.45) is 0 Å². The highest BCUT2D eigenvalue weighted by Crippen LogP contribution is 2.14. The number of rotatable bonds is 2. The summed E-state index contributed by atoms with van der Waals surface area (Å²) in [5, 5.41) is 9.85. The predicted octanol–water partition coefficient (Wildman–Crippen LogP) is 2.60. The molecular weight excluding hydrogens is 181 g/mol. The summed E-state index contributed by atoms with van der Waals surface area (Å²) in [6.07, 6.45) is 0. The molecular formula is C10H10FN3. The van der Waals surface area contributed by atoms with E-state index in [-0.39, 0.29) is 5.82 Å². The number of nitrogens with one attached hydrogen (secondary N) is 2. The second-order valence-corrected chi connectivity index (χ2v) is 3.05. The number of benzene rings is 1. The van der Waals surface area contributed by atoms with Crippen molar-refractivity contribution >= 4 is 11.5 Å². The van der Waals surface area contributed by atoms with Gasteiger partial charge in [0.25, 0.3) is 0 Å². The molecule has 2 N–H and O–H groups in total. The summed E-state index contributed by atoms with van der Waals surface area (Å²) in [6.45, 7) is 1.90. The van der Waals surface area contributed by atoms with E-state index in [9.17, 15) is 4.39 Å². The molecule has 4 heteroatoms. The van der Waals surface area contributed by atoms with Crippen LogP contribution in [0.2, 0.25) is 0 Å². The summed E-state index contributed by atoms with van der Waals surface area (Å²) in [5.41, 5.74) is 1.74. The molecule has 0 saturated carbocycles. The molecule has 72 valence electrons. The molecule has 0 aliphatic carbocycles. The first-order valence-electron chi connectivity index (χ1n) is 4.28. The van der Waals surface area contributed by atoms with Gasteiger partial charge in [-0.3, -0.25) is 5.10 Å². The van der Waals surface area contributed by atoms with Crippen LogP contribution < -0.4 is 5.32 Å². The van der Waals surface area contributed by atoms with Crippen LogP contribution >= 0.6 is 0 Å². The molecule has 0 aliphatic heterocycles. The van der Waals surface area contributed by atoms with Crippen LogP contribution in [0.4, 0.5) is 15.9 Å². The smallest absolute Gasteiger partial charge is 0.126 e. The molecule has 3 nitrogen and oxygen atoms in total. The number of nitrogens with zero attached hydrogens (tertiary/aromatic N) is 1. The summed E-state index contributed by atoms with van der Waals surface area (Å²) in [4.78, 5) is 0. The van der Waals surface area contributed by atoms with Gasteiger partial charge in [0.2, 0.25) is 0 Å². The normalized spacial score (nSPS) is 10.1. The van der Waals surface area contributed by atoms with Gasteiger partial charge in [-0.1, -0.05) is 0 Å². The molecule has 1 heterocycles. The number of hydrogen-bond donors (Lipinski definition) is 2. The summed E-state index contributed by atoms with van der Waals surface area (Å²) in [5.74, 6) is 0.561. The zero-order valence-electron chi connectivity index (χ0n) is 7.71. The maximum Gasteiger partial charge on any atom is 0.126 e. The first-order chi connectivity index (χ1) is 6.74. The minimum absolute atomic E-state index is 0.239. The van der Waals surface area contributed by atoms with Gasteiger partial charge in [0.1, 0.15) is 11.6 Å². The van der Waals surface area contributed by atoms with Crippen molar-refractivity contribution in [1.29, 1.82) is 0 Å². The quantitative estimate of drug-likeness (QED) is 0.766. The van der Waals surface area contributed by atoms with Crippen molar-refractivity contribution in [2.45, 2.75) is 6.92 Å². The Hall–Kier alpha value is -1.84. The van der Waals surface area contributed by atoms with Crippen LogP contribution in [-0.4, -0.2) is 10.2 Å². The van der Waals surface area contributed by atoms with Crippen LogP contribution in [0.15, 0.2) is 30.3 Å². The fourth-order valence-electron chi connectivity index (χ4n) is 1.17. The highest BCUT2D eigenvalue weighted by molar-refractivity contribution is 5.55. The zero-order chi connectivity index (χ0) is 9.97. The van der Waals surface area contributed by atoms with Crippen LogP contribution in [0.5, 0.6) is 0 Å². The Kier molecular flexibility index (Phi) is 2.18. The SMILES string of the molecule is Cc1cc(Nc2ccc(F)cc2)[nH]n1. The number of aromatic amines is 1. The molecule has 0 bridgehead atoms. The molecule has 0 fully saturated rings. The van der Waals surface area contributed by atoms with Crippen LogP contribution in [0, 0.1) is 12.7 Å². The topological polar surface area (TPSA) is 40.7 Å². The molecule has 0 saturated heterocycles. The predicted molar refractivity (Wildman–Crippen MR) is 53.0 cm³/mol. The van der Waals surface area contributed by atoms with E-state index in [1.165, 1.54) is 12.1 Å². The summed E-state index contributed by atoms with van der Waals surface area (Å²) in [7, 11) is 0. The number of anilines is 2. The molecule has 0 atom stereocenters. The van der Waals surface area contributed by atoms with Gasteiger partial charge in [-0.2, -0.15) is 5.10 Å². The first kappa shape index (κ1) is 8.74. The molecule has 1 aromatic carbocycles. The van der Waals surface area contributed by atoms with Gasteiger partial charge in [-0.15, -0.1) is 0 Å². The second-order valence-electron chi connectivity index (χ2n) is 3.05. The minimum Gasteiger partial charge on any atom is -0.341 e. The number of aromatic nitrogens is 2. The van der Waals surface area contributed by atoms with E-state index >= 15 is 0 Å². The molecule has 1 aromatic heterocycles. The Labute approximate surface area is 81.0 Å². The Bertz CT molecular complexity index is 419. The fraction of sp³-hybridized carbons (Fsp3) is 0.100. The Balaban J connectivity index is 2.15. The van der Waals surface area contributed by atoms with Crippen molar-refractivity contribution < 1.29 is 4.39 Å². The van der Waals surface area contributed by atoms with Gasteiger partial charge in [0.15, 0.2) is 0 Å². The van der Waals surface area contributed by atoms with Crippen molar-refractivity contribution in [3.8, 4) is 0 Å². The van der Waals surface area contributed by atoms with E-state index in [1.807, 2.05) is 13.0 Å². The van der Waals surface area contributed by atoms with Crippen molar-refractivity contribution in [2.75, 3.05) is 5.32 Å². The third-order valence-electron chi connectivity index (χ3n) is 1.83. The van der Waals surface area contributed by atoms with E-state index in [2.05, 4.69) is 15.5 Å². The standard InChI is InChI=1S/C10H10FN3/c1-7-6-10(14-13-7)12-9-4-2-8(11)3-5-9/h2-6H,1H3,(H2,12,13,14).